The van der Waals surface area contributed by atoms with E-state index in [9.17, 15) is 0 Å². The number of hydrogen-bond acceptors (Lipinski definition) is 6. The second-order valence-electron chi connectivity index (χ2n) is 6.87. The van der Waals surface area contributed by atoms with Crippen LogP contribution in [-0.2, 0) is 6.54 Å². The average Bonchev–Trinajstić information content (AvgIpc) is 3.32. The summed E-state index contributed by atoms with van der Waals surface area (Å²) in [6, 6.07) is 14.3. The van der Waals surface area contributed by atoms with Crippen molar-refractivity contribution in [3.05, 3.63) is 60.1 Å². The Kier molecular flexibility index (Phi) is 4.67. The van der Waals surface area contributed by atoms with E-state index < -0.39 is 0 Å². The lowest BCUT2D eigenvalue weighted by molar-refractivity contribution is 0.201. The van der Waals surface area contributed by atoms with Crippen LogP contribution in [0, 0.1) is 0 Å². The quantitative estimate of drug-likeness (QED) is 0.702. The molecule has 1 aliphatic rings. The van der Waals surface area contributed by atoms with Gasteiger partial charge < -0.3 is 9.42 Å². The maximum absolute atomic E-state index is 5.60. The van der Waals surface area contributed by atoms with Crippen LogP contribution in [-0.4, -0.2) is 40.7 Å². The topological polar surface area (TPSA) is 58.3 Å². The standard InChI is InChI=1S/C20H23N5O/c1-24(2)18-11-10-15(13-21-18)14-25-12-6-9-17(25)20-22-19(23-26-20)16-7-4-3-5-8-16/h3-5,7-8,10-11,13,17H,6,9,12,14H2,1-2H3/t17-/m1/s1. The molecule has 0 saturated carbocycles. The Bertz CT molecular complexity index is 844. The molecule has 0 bridgehead atoms. The molecule has 6 heteroatoms. The summed E-state index contributed by atoms with van der Waals surface area (Å²) in [7, 11) is 4.00. The van der Waals surface area contributed by atoms with E-state index >= 15 is 0 Å². The third kappa shape index (κ3) is 3.46. The molecular formula is C20H23N5O. The Balaban J connectivity index is 1.49. The molecular weight excluding hydrogens is 326 g/mol. The van der Waals surface area contributed by atoms with Gasteiger partial charge in [-0.25, -0.2) is 4.98 Å². The highest BCUT2D eigenvalue weighted by Crippen LogP contribution is 2.33. The Morgan fingerprint density at radius 1 is 1.15 bits per heavy atom. The normalized spacial score (nSPS) is 17.5. The molecule has 0 radical (unpaired) electrons. The van der Waals surface area contributed by atoms with Crippen LogP contribution in [0.3, 0.4) is 0 Å². The summed E-state index contributed by atoms with van der Waals surface area (Å²) in [5.41, 5.74) is 2.18. The summed E-state index contributed by atoms with van der Waals surface area (Å²) in [4.78, 5) is 13.6. The molecule has 1 saturated heterocycles. The van der Waals surface area contributed by atoms with Crippen LogP contribution in [0.5, 0.6) is 0 Å². The van der Waals surface area contributed by atoms with Crippen LogP contribution in [0.4, 0.5) is 5.82 Å². The molecule has 2 aromatic heterocycles. The van der Waals surface area contributed by atoms with Crippen LogP contribution >= 0.6 is 0 Å². The molecule has 26 heavy (non-hydrogen) atoms. The summed E-state index contributed by atoms with van der Waals surface area (Å²) in [5.74, 6) is 2.33. The number of nitrogens with zero attached hydrogens (tertiary/aromatic N) is 5. The third-order valence-electron chi connectivity index (χ3n) is 4.78. The fourth-order valence-electron chi connectivity index (χ4n) is 3.38. The summed E-state index contributed by atoms with van der Waals surface area (Å²) < 4.78 is 5.60. The van der Waals surface area contributed by atoms with Crippen LogP contribution < -0.4 is 4.90 Å². The summed E-state index contributed by atoms with van der Waals surface area (Å²) >= 11 is 0. The Morgan fingerprint density at radius 2 is 2.00 bits per heavy atom. The molecule has 0 N–H and O–H groups in total. The van der Waals surface area contributed by atoms with Crippen LogP contribution in [0.1, 0.15) is 30.3 Å². The van der Waals surface area contributed by atoms with E-state index in [0.29, 0.717) is 11.7 Å². The van der Waals surface area contributed by atoms with E-state index in [1.54, 1.807) is 0 Å². The van der Waals surface area contributed by atoms with Gasteiger partial charge in [0.05, 0.1) is 6.04 Å². The molecule has 0 amide bonds. The minimum Gasteiger partial charge on any atom is -0.363 e. The van der Waals surface area contributed by atoms with E-state index in [0.717, 1.165) is 37.3 Å². The molecule has 0 spiro atoms. The molecule has 134 valence electrons. The number of benzene rings is 1. The first-order valence-corrected chi connectivity index (χ1v) is 8.96. The first kappa shape index (κ1) is 16.7. The van der Waals surface area contributed by atoms with Gasteiger partial charge in [-0.15, -0.1) is 0 Å². The predicted molar refractivity (Wildman–Crippen MR) is 101 cm³/mol. The van der Waals surface area contributed by atoms with Gasteiger partial charge in [0, 0.05) is 32.4 Å². The van der Waals surface area contributed by atoms with E-state index in [2.05, 4.69) is 32.2 Å². The van der Waals surface area contributed by atoms with Crippen molar-refractivity contribution in [1.29, 1.82) is 0 Å². The van der Waals surface area contributed by atoms with Crippen molar-refractivity contribution >= 4 is 5.82 Å². The van der Waals surface area contributed by atoms with Gasteiger partial charge in [-0.2, -0.15) is 4.98 Å². The van der Waals surface area contributed by atoms with Gasteiger partial charge in [-0.05, 0) is 31.0 Å². The molecule has 1 fully saturated rings. The van der Waals surface area contributed by atoms with Gasteiger partial charge in [0.15, 0.2) is 0 Å². The van der Waals surface area contributed by atoms with Gasteiger partial charge in [-0.1, -0.05) is 41.6 Å². The number of rotatable bonds is 5. The minimum absolute atomic E-state index is 0.175. The lowest BCUT2D eigenvalue weighted by atomic mass is 10.2. The van der Waals surface area contributed by atoms with Gasteiger partial charge in [0.25, 0.3) is 0 Å². The Morgan fingerprint density at radius 3 is 2.73 bits per heavy atom. The van der Waals surface area contributed by atoms with Crippen molar-refractivity contribution < 1.29 is 4.52 Å². The number of likely N-dealkylation sites (tertiary alicyclic amines) is 1. The number of aromatic nitrogens is 3. The highest BCUT2D eigenvalue weighted by molar-refractivity contribution is 5.53. The van der Waals surface area contributed by atoms with Crippen molar-refractivity contribution in [3.63, 3.8) is 0 Å². The molecule has 3 heterocycles. The molecule has 1 atom stereocenters. The maximum atomic E-state index is 5.60. The SMILES string of the molecule is CN(C)c1ccc(CN2CCC[C@@H]2c2nc(-c3ccccc3)no2)cn1. The molecule has 4 rings (SSSR count). The van der Waals surface area contributed by atoms with Gasteiger partial charge >= 0.3 is 0 Å². The molecule has 6 nitrogen and oxygen atoms in total. The smallest absolute Gasteiger partial charge is 0.244 e. The van der Waals surface area contributed by atoms with E-state index in [-0.39, 0.29) is 6.04 Å². The fraction of sp³-hybridized carbons (Fsp3) is 0.350. The Hall–Kier alpha value is -2.73. The third-order valence-corrected chi connectivity index (χ3v) is 4.78. The minimum atomic E-state index is 0.175. The van der Waals surface area contributed by atoms with Crippen molar-refractivity contribution in [2.75, 3.05) is 25.5 Å². The van der Waals surface area contributed by atoms with Crippen LogP contribution in [0.15, 0.2) is 53.2 Å². The van der Waals surface area contributed by atoms with Crippen LogP contribution in [0.25, 0.3) is 11.4 Å². The largest absolute Gasteiger partial charge is 0.363 e. The summed E-state index contributed by atoms with van der Waals surface area (Å²) in [5, 5.41) is 4.17. The molecule has 3 aromatic rings. The van der Waals surface area contributed by atoms with Crippen LogP contribution in [0.2, 0.25) is 0 Å². The summed E-state index contributed by atoms with van der Waals surface area (Å²) in [6.07, 6.45) is 4.13. The van der Waals surface area contributed by atoms with Crippen molar-refractivity contribution in [1.82, 2.24) is 20.0 Å². The molecule has 0 unspecified atom stereocenters. The first-order chi connectivity index (χ1) is 12.7. The number of pyridine rings is 1. The molecule has 0 aliphatic carbocycles. The highest BCUT2D eigenvalue weighted by Gasteiger charge is 2.30. The number of hydrogen-bond donors (Lipinski definition) is 0. The lowest BCUT2D eigenvalue weighted by Crippen LogP contribution is -2.23. The van der Waals surface area contributed by atoms with E-state index in [1.807, 2.05) is 55.5 Å². The average molecular weight is 349 g/mol. The van der Waals surface area contributed by atoms with Gasteiger partial charge in [0.1, 0.15) is 5.82 Å². The van der Waals surface area contributed by atoms with Crippen molar-refractivity contribution in [3.8, 4) is 11.4 Å². The number of anilines is 1. The monoisotopic (exact) mass is 349 g/mol. The maximum Gasteiger partial charge on any atom is 0.244 e. The van der Waals surface area contributed by atoms with E-state index in [4.69, 9.17) is 4.52 Å². The van der Waals surface area contributed by atoms with Crippen molar-refractivity contribution in [2.45, 2.75) is 25.4 Å². The zero-order chi connectivity index (χ0) is 17.9. The molecule has 1 aliphatic heterocycles. The summed E-state index contributed by atoms with van der Waals surface area (Å²) in [6.45, 7) is 1.87. The highest BCUT2D eigenvalue weighted by atomic mass is 16.5. The van der Waals surface area contributed by atoms with E-state index in [1.165, 1.54) is 5.56 Å². The zero-order valence-corrected chi connectivity index (χ0v) is 15.2. The Labute approximate surface area is 153 Å². The van der Waals surface area contributed by atoms with Gasteiger partial charge in [-0.3, -0.25) is 4.90 Å². The van der Waals surface area contributed by atoms with Gasteiger partial charge in [0.2, 0.25) is 11.7 Å². The zero-order valence-electron chi connectivity index (χ0n) is 15.2. The lowest BCUT2D eigenvalue weighted by Gasteiger charge is -2.21. The van der Waals surface area contributed by atoms with Crippen molar-refractivity contribution in [2.24, 2.45) is 0 Å². The molecule has 1 aromatic carbocycles. The second-order valence-corrected chi connectivity index (χ2v) is 6.87. The predicted octanol–water partition coefficient (Wildman–Crippen LogP) is 3.53. The second kappa shape index (κ2) is 7.25. The fourth-order valence-corrected chi connectivity index (χ4v) is 3.38. The first-order valence-electron chi connectivity index (χ1n) is 8.96.